The smallest absolute Gasteiger partial charge is 0.0923 e. The van der Waals surface area contributed by atoms with Crippen LogP contribution in [0, 0.1) is 6.92 Å². The van der Waals surface area contributed by atoms with Crippen LogP contribution in [0.3, 0.4) is 0 Å². The zero-order chi connectivity index (χ0) is 16.4. The number of hydrogen-bond donors (Lipinski definition) is 1. The molecule has 0 atom stereocenters. The zero-order valence-electron chi connectivity index (χ0n) is 13.5. The summed E-state index contributed by atoms with van der Waals surface area (Å²) in [5.41, 5.74) is 7.45. The highest BCUT2D eigenvalue weighted by atomic mass is 15.1. The van der Waals surface area contributed by atoms with Gasteiger partial charge in [0.2, 0.25) is 0 Å². The van der Waals surface area contributed by atoms with Gasteiger partial charge in [-0.3, -0.25) is 15.1 Å². The minimum Gasteiger partial charge on any atom is -0.282 e. The van der Waals surface area contributed by atoms with Crippen LogP contribution in [0.4, 0.5) is 0 Å². The summed E-state index contributed by atoms with van der Waals surface area (Å²) in [5.74, 6) is 0. The van der Waals surface area contributed by atoms with Gasteiger partial charge in [0.25, 0.3) is 0 Å². The second kappa shape index (κ2) is 6.24. The minimum atomic E-state index is 0.797. The summed E-state index contributed by atoms with van der Waals surface area (Å²) in [5, 5.41) is 7.33. The van der Waals surface area contributed by atoms with E-state index in [1.54, 1.807) is 0 Å². The van der Waals surface area contributed by atoms with Gasteiger partial charge in [0, 0.05) is 36.0 Å². The van der Waals surface area contributed by atoms with Crippen molar-refractivity contribution in [2.24, 2.45) is 4.99 Å². The van der Waals surface area contributed by atoms with Crippen LogP contribution in [0.15, 0.2) is 65.8 Å². The van der Waals surface area contributed by atoms with E-state index >= 15 is 0 Å². The van der Waals surface area contributed by atoms with E-state index in [1.807, 2.05) is 19.2 Å². The lowest BCUT2D eigenvalue weighted by atomic mass is 10.0. The molecule has 118 valence electrons. The summed E-state index contributed by atoms with van der Waals surface area (Å²) < 4.78 is 0. The van der Waals surface area contributed by atoms with E-state index in [1.165, 1.54) is 5.56 Å². The molecule has 2 aromatic heterocycles. The summed E-state index contributed by atoms with van der Waals surface area (Å²) in [6.07, 6.45) is 5.56. The van der Waals surface area contributed by atoms with Crippen molar-refractivity contribution >= 4 is 5.71 Å². The molecule has 4 heteroatoms. The summed E-state index contributed by atoms with van der Waals surface area (Å²) >= 11 is 0. The van der Waals surface area contributed by atoms with Crippen LogP contribution in [0.25, 0.3) is 11.3 Å². The van der Waals surface area contributed by atoms with Crippen molar-refractivity contribution in [2.45, 2.75) is 19.8 Å². The van der Waals surface area contributed by atoms with Gasteiger partial charge in [0.05, 0.1) is 17.1 Å². The minimum absolute atomic E-state index is 0.797. The largest absolute Gasteiger partial charge is 0.282 e. The quantitative estimate of drug-likeness (QED) is 0.789. The molecule has 1 aliphatic rings. The number of pyridine rings is 1. The van der Waals surface area contributed by atoms with Gasteiger partial charge in [-0.05, 0) is 36.8 Å². The van der Waals surface area contributed by atoms with Gasteiger partial charge in [-0.25, -0.2) is 0 Å². The topological polar surface area (TPSA) is 53.9 Å². The Kier molecular flexibility index (Phi) is 3.79. The molecule has 0 unspecified atom stereocenters. The summed E-state index contributed by atoms with van der Waals surface area (Å²) in [6.45, 7) is 2.01. The van der Waals surface area contributed by atoms with Gasteiger partial charge in [0.1, 0.15) is 0 Å². The molecule has 0 spiro atoms. The molecule has 0 bridgehead atoms. The SMILES string of the molecule is Cc1cc(-c2cccc(Cc3cccc(C4=NC=CC4)n3)c2)n[nH]1. The monoisotopic (exact) mass is 314 g/mol. The molecular formula is C20H18N4. The maximum absolute atomic E-state index is 4.76. The lowest BCUT2D eigenvalue weighted by Gasteiger charge is -2.06. The van der Waals surface area contributed by atoms with Crippen LogP contribution in [0.5, 0.6) is 0 Å². The number of H-pyrrole nitrogens is 1. The van der Waals surface area contributed by atoms with E-state index in [0.717, 1.165) is 46.9 Å². The number of aliphatic imine (C=N–C) groups is 1. The molecule has 0 radical (unpaired) electrons. The fourth-order valence-corrected chi connectivity index (χ4v) is 2.88. The maximum atomic E-state index is 4.76. The van der Waals surface area contributed by atoms with Gasteiger partial charge >= 0.3 is 0 Å². The molecule has 0 saturated heterocycles. The molecule has 1 N–H and O–H groups in total. The summed E-state index contributed by atoms with van der Waals surface area (Å²) in [4.78, 5) is 9.14. The lowest BCUT2D eigenvalue weighted by Crippen LogP contribution is -2.03. The third kappa shape index (κ3) is 3.04. The van der Waals surface area contributed by atoms with Crippen LogP contribution < -0.4 is 0 Å². The number of hydrogen-bond acceptors (Lipinski definition) is 3. The molecule has 4 rings (SSSR count). The Labute approximate surface area is 141 Å². The van der Waals surface area contributed by atoms with Gasteiger partial charge in [-0.2, -0.15) is 5.10 Å². The molecule has 3 heterocycles. The highest BCUT2D eigenvalue weighted by Gasteiger charge is 2.08. The predicted molar refractivity (Wildman–Crippen MR) is 96.1 cm³/mol. The fraction of sp³-hybridized carbons (Fsp3) is 0.150. The first-order valence-corrected chi connectivity index (χ1v) is 8.07. The van der Waals surface area contributed by atoms with Crippen molar-refractivity contribution in [3.05, 3.63) is 83.5 Å². The van der Waals surface area contributed by atoms with Gasteiger partial charge in [0.15, 0.2) is 0 Å². The number of aromatic amines is 1. The Morgan fingerprint density at radius 2 is 1.96 bits per heavy atom. The molecule has 0 aliphatic carbocycles. The Balaban J connectivity index is 1.58. The van der Waals surface area contributed by atoms with E-state index in [9.17, 15) is 0 Å². The average molecular weight is 314 g/mol. The van der Waals surface area contributed by atoms with Crippen molar-refractivity contribution in [1.29, 1.82) is 0 Å². The van der Waals surface area contributed by atoms with Crippen LogP contribution in [0.2, 0.25) is 0 Å². The third-order valence-electron chi connectivity index (χ3n) is 4.06. The number of rotatable bonds is 4. The van der Waals surface area contributed by atoms with Gasteiger partial charge < -0.3 is 0 Å². The molecule has 24 heavy (non-hydrogen) atoms. The molecule has 1 aliphatic heterocycles. The first-order valence-electron chi connectivity index (χ1n) is 8.07. The molecule has 4 nitrogen and oxygen atoms in total. The predicted octanol–water partition coefficient (Wildman–Crippen LogP) is 4.08. The number of aryl methyl sites for hydroxylation is 1. The van der Waals surface area contributed by atoms with Crippen LogP contribution >= 0.6 is 0 Å². The van der Waals surface area contributed by atoms with Gasteiger partial charge in [-0.15, -0.1) is 0 Å². The number of allylic oxidation sites excluding steroid dienone is 1. The Morgan fingerprint density at radius 1 is 1.04 bits per heavy atom. The van der Waals surface area contributed by atoms with Crippen LogP contribution in [-0.4, -0.2) is 20.9 Å². The summed E-state index contributed by atoms with van der Waals surface area (Å²) in [6, 6.07) is 16.7. The standard InChI is InChI=1S/C20H18N4/c1-14-11-20(24-23-14)16-6-2-5-15(12-16)13-17-7-3-8-19(22-17)18-9-4-10-21-18/h2-8,10-12H,9,13H2,1H3,(H,23,24). The molecule has 0 saturated carbocycles. The average Bonchev–Trinajstić information content (AvgIpc) is 3.27. The molecular weight excluding hydrogens is 296 g/mol. The Morgan fingerprint density at radius 3 is 2.75 bits per heavy atom. The highest BCUT2D eigenvalue weighted by Crippen LogP contribution is 2.20. The van der Waals surface area contributed by atoms with Crippen molar-refractivity contribution in [1.82, 2.24) is 15.2 Å². The lowest BCUT2D eigenvalue weighted by molar-refractivity contribution is 1.05. The number of aromatic nitrogens is 3. The fourth-order valence-electron chi connectivity index (χ4n) is 2.88. The van der Waals surface area contributed by atoms with Crippen molar-refractivity contribution in [3.8, 4) is 11.3 Å². The Hall–Kier alpha value is -3.01. The van der Waals surface area contributed by atoms with Crippen molar-refractivity contribution in [2.75, 3.05) is 0 Å². The van der Waals surface area contributed by atoms with Crippen molar-refractivity contribution < 1.29 is 0 Å². The van der Waals surface area contributed by atoms with Crippen LogP contribution in [-0.2, 0) is 6.42 Å². The second-order valence-corrected chi connectivity index (χ2v) is 5.99. The number of nitrogens with zero attached hydrogens (tertiary/aromatic N) is 3. The van der Waals surface area contributed by atoms with Gasteiger partial charge in [-0.1, -0.05) is 30.3 Å². The Bertz CT molecular complexity index is 934. The number of benzene rings is 1. The highest BCUT2D eigenvalue weighted by molar-refractivity contribution is 6.01. The van der Waals surface area contributed by atoms with E-state index in [2.05, 4.69) is 63.7 Å². The van der Waals surface area contributed by atoms with E-state index in [-0.39, 0.29) is 0 Å². The molecule has 3 aromatic rings. The van der Waals surface area contributed by atoms with E-state index in [0.29, 0.717) is 0 Å². The molecule has 1 aromatic carbocycles. The summed E-state index contributed by atoms with van der Waals surface area (Å²) in [7, 11) is 0. The second-order valence-electron chi connectivity index (χ2n) is 5.99. The number of nitrogens with one attached hydrogen (secondary N) is 1. The maximum Gasteiger partial charge on any atom is 0.0923 e. The third-order valence-corrected chi connectivity index (χ3v) is 4.06. The molecule has 0 fully saturated rings. The normalized spacial score (nSPS) is 13.3. The molecule has 0 amide bonds. The first-order chi connectivity index (χ1) is 11.8. The van der Waals surface area contributed by atoms with Crippen LogP contribution in [0.1, 0.15) is 29.1 Å². The van der Waals surface area contributed by atoms with E-state index < -0.39 is 0 Å². The zero-order valence-corrected chi connectivity index (χ0v) is 13.5. The first kappa shape index (κ1) is 14.6. The van der Waals surface area contributed by atoms with E-state index in [4.69, 9.17) is 4.98 Å². The van der Waals surface area contributed by atoms with Crippen molar-refractivity contribution in [3.63, 3.8) is 0 Å².